The molecule has 0 atom stereocenters. The fourth-order valence-electron chi connectivity index (χ4n) is 2.18. The maximum Gasteiger partial charge on any atom is 0.223 e. The molecule has 0 radical (unpaired) electrons. The first kappa shape index (κ1) is 12.9. The number of nitrogens with one attached hydrogen (secondary N) is 1. The molecule has 4 nitrogen and oxygen atoms in total. The Balaban J connectivity index is 1.73. The lowest BCUT2D eigenvalue weighted by Gasteiger charge is -2.31. The van der Waals surface area contributed by atoms with E-state index in [1.807, 2.05) is 24.3 Å². The molecule has 1 fully saturated rings. The molecule has 18 heavy (non-hydrogen) atoms. The van der Waals surface area contributed by atoms with Gasteiger partial charge in [0, 0.05) is 18.5 Å². The molecule has 1 aromatic carbocycles. The molecule has 3 N–H and O–H groups in total. The smallest absolute Gasteiger partial charge is 0.223 e. The summed E-state index contributed by atoms with van der Waals surface area (Å²) in [4.78, 5) is 11.7. The molecule has 0 unspecified atom stereocenters. The van der Waals surface area contributed by atoms with Gasteiger partial charge in [0.2, 0.25) is 5.91 Å². The van der Waals surface area contributed by atoms with E-state index in [1.165, 1.54) is 5.56 Å². The normalized spacial score (nSPS) is 22.1. The molecule has 1 aromatic rings. The van der Waals surface area contributed by atoms with E-state index in [-0.39, 0.29) is 17.9 Å². The summed E-state index contributed by atoms with van der Waals surface area (Å²) in [6.07, 6.45) is 2.47. The zero-order chi connectivity index (χ0) is 13.0. The highest BCUT2D eigenvalue weighted by Crippen LogP contribution is 2.25. The lowest BCUT2D eigenvalue weighted by molar-refractivity contribution is -0.127. The number of benzene rings is 1. The third-order valence-electron chi connectivity index (χ3n) is 3.39. The molecule has 1 aliphatic rings. The molecule has 0 aromatic heterocycles. The van der Waals surface area contributed by atoms with E-state index in [2.05, 4.69) is 5.32 Å². The van der Waals surface area contributed by atoms with Crippen molar-refractivity contribution >= 4 is 5.91 Å². The molecule has 0 spiro atoms. The van der Waals surface area contributed by atoms with Gasteiger partial charge in [0.15, 0.2) is 0 Å². The van der Waals surface area contributed by atoms with Crippen molar-refractivity contribution in [3.8, 4) is 5.75 Å². The number of carbonyl (C=O) groups is 1. The predicted octanol–water partition coefficient (Wildman–Crippen LogP) is 1.09. The molecule has 1 amide bonds. The molecular weight excluding hydrogens is 228 g/mol. The van der Waals surface area contributed by atoms with Gasteiger partial charge in [0.1, 0.15) is 5.75 Å². The van der Waals surface area contributed by atoms with Gasteiger partial charge in [-0.05, 0) is 37.0 Å². The van der Waals surface area contributed by atoms with Crippen LogP contribution in [0.15, 0.2) is 24.3 Å². The van der Waals surface area contributed by atoms with Crippen LogP contribution in [0.5, 0.6) is 5.75 Å². The number of methoxy groups -OCH3 is 1. The van der Waals surface area contributed by atoms with E-state index < -0.39 is 0 Å². The zero-order valence-electron chi connectivity index (χ0n) is 10.7. The number of nitrogens with two attached hydrogens (primary N) is 1. The number of hydrogen-bond donors (Lipinski definition) is 2. The maximum atomic E-state index is 11.7. The number of hydrogen-bond acceptors (Lipinski definition) is 3. The minimum atomic E-state index is 0.130. The zero-order valence-corrected chi connectivity index (χ0v) is 10.7. The van der Waals surface area contributed by atoms with Crippen molar-refractivity contribution in [2.75, 3.05) is 13.7 Å². The standard InChI is InChI=1S/C14H20N2O2/c1-18-13-4-2-3-10(7-13)5-6-16-14(17)11-8-12(15)9-11/h2-4,7,11-12H,5-6,8-9,15H2,1H3,(H,16,17). The van der Waals surface area contributed by atoms with Gasteiger partial charge in [0.25, 0.3) is 0 Å². The van der Waals surface area contributed by atoms with Crippen molar-refractivity contribution in [1.29, 1.82) is 0 Å². The second kappa shape index (κ2) is 5.87. The van der Waals surface area contributed by atoms with Crippen molar-refractivity contribution in [3.05, 3.63) is 29.8 Å². The second-order valence-electron chi connectivity index (χ2n) is 4.82. The Hall–Kier alpha value is -1.55. The van der Waals surface area contributed by atoms with Gasteiger partial charge in [-0.25, -0.2) is 0 Å². The van der Waals surface area contributed by atoms with Crippen LogP contribution in [0, 0.1) is 5.92 Å². The van der Waals surface area contributed by atoms with Crippen molar-refractivity contribution in [3.63, 3.8) is 0 Å². The van der Waals surface area contributed by atoms with Crippen LogP contribution in [0.4, 0.5) is 0 Å². The fraction of sp³-hybridized carbons (Fsp3) is 0.500. The van der Waals surface area contributed by atoms with Crippen LogP contribution in [0.1, 0.15) is 18.4 Å². The Kier molecular flexibility index (Phi) is 4.20. The summed E-state index contributed by atoms with van der Waals surface area (Å²) in [6.45, 7) is 0.664. The van der Waals surface area contributed by atoms with Crippen molar-refractivity contribution in [2.24, 2.45) is 11.7 Å². The van der Waals surface area contributed by atoms with E-state index >= 15 is 0 Å². The largest absolute Gasteiger partial charge is 0.497 e. The van der Waals surface area contributed by atoms with Gasteiger partial charge in [-0.2, -0.15) is 0 Å². The molecule has 98 valence electrons. The highest BCUT2D eigenvalue weighted by Gasteiger charge is 2.31. The molecule has 1 saturated carbocycles. The number of amides is 1. The summed E-state index contributed by atoms with van der Waals surface area (Å²) in [6, 6.07) is 8.12. The SMILES string of the molecule is COc1cccc(CCNC(=O)C2CC(N)C2)c1. The predicted molar refractivity (Wildman–Crippen MR) is 70.4 cm³/mol. The van der Waals surface area contributed by atoms with E-state index in [4.69, 9.17) is 10.5 Å². The molecular formula is C14H20N2O2. The number of rotatable bonds is 5. The monoisotopic (exact) mass is 248 g/mol. The van der Waals surface area contributed by atoms with Crippen LogP contribution in [-0.4, -0.2) is 25.6 Å². The fourth-order valence-corrected chi connectivity index (χ4v) is 2.18. The van der Waals surface area contributed by atoms with Crippen molar-refractivity contribution in [1.82, 2.24) is 5.32 Å². The van der Waals surface area contributed by atoms with Gasteiger partial charge in [-0.1, -0.05) is 12.1 Å². The van der Waals surface area contributed by atoms with Crippen LogP contribution in [-0.2, 0) is 11.2 Å². The number of ether oxygens (including phenoxy) is 1. The lowest BCUT2D eigenvalue weighted by Crippen LogP contribution is -2.45. The van der Waals surface area contributed by atoms with Crippen molar-refractivity contribution < 1.29 is 9.53 Å². The summed E-state index contributed by atoms with van der Waals surface area (Å²) >= 11 is 0. The van der Waals surface area contributed by atoms with Crippen LogP contribution < -0.4 is 15.8 Å². The third-order valence-corrected chi connectivity index (χ3v) is 3.39. The number of carbonyl (C=O) groups excluding carboxylic acids is 1. The van der Waals surface area contributed by atoms with E-state index in [9.17, 15) is 4.79 Å². The second-order valence-corrected chi connectivity index (χ2v) is 4.82. The Labute approximate surface area is 108 Å². The van der Waals surface area contributed by atoms with Crippen LogP contribution in [0.3, 0.4) is 0 Å². The Morgan fingerprint density at radius 3 is 2.94 bits per heavy atom. The molecule has 0 bridgehead atoms. The van der Waals surface area contributed by atoms with Gasteiger partial charge in [0.05, 0.1) is 7.11 Å². The highest BCUT2D eigenvalue weighted by molar-refractivity contribution is 5.79. The first-order chi connectivity index (χ1) is 8.69. The topological polar surface area (TPSA) is 64.3 Å². The van der Waals surface area contributed by atoms with Gasteiger partial charge < -0.3 is 15.8 Å². The van der Waals surface area contributed by atoms with Crippen LogP contribution >= 0.6 is 0 Å². The van der Waals surface area contributed by atoms with Gasteiger partial charge in [-0.3, -0.25) is 4.79 Å². The third kappa shape index (κ3) is 3.23. The minimum absolute atomic E-state index is 0.130. The molecule has 2 rings (SSSR count). The van der Waals surface area contributed by atoms with E-state index in [1.54, 1.807) is 7.11 Å². The maximum absolute atomic E-state index is 11.7. The lowest BCUT2D eigenvalue weighted by atomic mass is 9.80. The highest BCUT2D eigenvalue weighted by atomic mass is 16.5. The molecule has 4 heteroatoms. The summed E-state index contributed by atoms with van der Waals surface area (Å²) in [5, 5.41) is 2.96. The van der Waals surface area contributed by atoms with Crippen molar-refractivity contribution in [2.45, 2.75) is 25.3 Å². The van der Waals surface area contributed by atoms with Crippen LogP contribution in [0.2, 0.25) is 0 Å². The average molecular weight is 248 g/mol. The first-order valence-corrected chi connectivity index (χ1v) is 6.35. The Morgan fingerprint density at radius 1 is 1.50 bits per heavy atom. The summed E-state index contributed by atoms with van der Waals surface area (Å²) < 4.78 is 5.16. The average Bonchev–Trinajstić information content (AvgIpc) is 2.35. The molecule has 0 saturated heterocycles. The first-order valence-electron chi connectivity index (χ1n) is 6.35. The van der Waals surface area contributed by atoms with Gasteiger partial charge in [-0.15, -0.1) is 0 Å². The quantitative estimate of drug-likeness (QED) is 0.820. The molecule has 1 aliphatic carbocycles. The summed E-state index contributed by atoms with van der Waals surface area (Å²) in [7, 11) is 1.65. The summed E-state index contributed by atoms with van der Waals surface area (Å²) in [5.74, 6) is 1.12. The van der Waals surface area contributed by atoms with E-state index in [0.717, 1.165) is 25.0 Å². The Bertz CT molecular complexity index is 414. The van der Waals surface area contributed by atoms with Gasteiger partial charge >= 0.3 is 0 Å². The van der Waals surface area contributed by atoms with E-state index in [0.29, 0.717) is 6.54 Å². The minimum Gasteiger partial charge on any atom is -0.497 e. The summed E-state index contributed by atoms with van der Waals surface area (Å²) in [5.41, 5.74) is 6.83. The molecule has 0 heterocycles. The Morgan fingerprint density at radius 2 is 2.28 bits per heavy atom. The molecule has 0 aliphatic heterocycles. The van der Waals surface area contributed by atoms with Crippen LogP contribution in [0.25, 0.3) is 0 Å².